The number of fused-ring (bicyclic) bond motifs is 3. The molecule has 0 unspecified atom stereocenters. The summed E-state index contributed by atoms with van der Waals surface area (Å²) >= 11 is 3.53. The fourth-order valence-corrected chi connectivity index (χ4v) is 5.86. The summed E-state index contributed by atoms with van der Waals surface area (Å²) in [6, 6.07) is 0. The largest absolute Gasteiger partial charge is 0.461 e. The van der Waals surface area contributed by atoms with Gasteiger partial charge in [-0.05, 0) is 24.7 Å². The van der Waals surface area contributed by atoms with Gasteiger partial charge in [-0.15, -0.1) is 0 Å². The SMILES string of the molecule is C[C@@H]1C(=O)O[C@@H]2[C@H]1CC[C@@]1(C)C[C@@H](Br)C(=O)[C@@H](C)[C@H]21. The molecule has 0 N–H and O–H groups in total. The summed E-state index contributed by atoms with van der Waals surface area (Å²) in [5.41, 5.74) is 0.118. The molecule has 1 heterocycles. The summed E-state index contributed by atoms with van der Waals surface area (Å²) in [6.45, 7) is 6.25. The molecule has 3 nitrogen and oxygen atoms in total. The molecule has 0 spiro atoms. The van der Waals surface area contributed by atoms with Gasteiger partial charge in [0.1, 0.15) is 11.9 Å². The Bertz CT molecular complexity index is 435. The van der Waals surface area contributed by atoms with Crippen molar-refractivity contribution in [3.05, 3.63) is 0 Å². The van der Waals surface area contributed by atoms with Crippen LogP contribution >= 0.6 is 15.9 Å². The molecule has 0 aromatic rings. The van der Waals surface area contributed by atoms with E-state index < -0.39 is 0 Å². The van der Waals surface area contributed by atoms with E-state index in [0.29, 0.717) is 5.92 Å². The average Bonchev–Trinajstić information content (AvgIpc) is 2.61. The minimum absolute atomic E-state index is 0.00135. The van der Waals surface area contributed by atoms with E-state index in [4.69, 9.17) is 4.74 Å². The number of ketones is 1. The topological polar surface area (TPSA) is 43.4 Å². The summed E-state index contributed by atoms with van der Waals surface area (Å²) in [4.78, 5) is 24.1. The van der Waals surface area contributed by atoms with Crippen LogP contribution in [0.3, 0.4) is 0 Å². The van der Waals surface area contributed by atoms with Crippen molar-refractivity contribution in [3.8, 4) is 0 Å². The maximum atomic E-state index is 12.3. The second kappa shape index (κ2) is 4.31. The molecule has 0 amide bonds. The summed E-state index contributed by atoms with van der Waals surface area (Å²) < 4.78 is 5.66. The molecule has 19 heavy (non-hydrogen) atoms. The van der Waals surface area contributed by atoms with Crippen LogP contribution < -0.4 is 0 Å². The molecule has 106 valence electrons. The first kappa shape index (κ1) is 13.6. The minimum atomic E-state index is -0.0696. The monoisotopic (exact) mass is 328 g/mol. The molecule has 2 saturated carbocycles. The third kappa shape index (κ3) is 1.82. The number of alkyl halides is 1. The van der Waals surface area contributed by atoms with E-state index in [9.17, 15) is 9.59 Å². The number of hydrogen-bond donors (Lipinski definition) is 0. The first-order valence-corrected chi connectivity index (χ1v) is 8.15. The molecule has 4 heteroatoms. The lowest BCUT2D eigenvalue weighted by atomic mass is 9.53. The quantitative estimate of drug-likeness (QED) is 0.507. The van der Waals surface area contributed by atoms with Crippen LogP contribution in [0.1, 0.15) is 40.0 Å². The van der Waals surface area contributed by atoms with Crippen LogP contribution in [-0.2, 0) is 14.3 Å². The van der Waals surface area contributed by atoms with E-state index in [1.54, 1.807) is 0 Å². The van der Waals surface area contributed by atoms with Gasteiger partial charge in [-0.2, -0.15) is 0 Å². The van der Waals surface area contributed by atoms with Crippen LogP contribution in [0.4, 0.5) is 0 Å². The molecule has 3 aliphatic rings. The van der Waals surface area contributed by atoms with Gasteiger partial charge in [0, 0.05) is 17.8 Å². The van der Waals surface area contributed by atoms with Crippen LogP contribution in [0.25, 0.3) is 0 Å². The van der Waals surface area contributed by atoms with Crippen LogP contribution in [0.2, 0.25) is 0 Å². The van der Waals surface area contributed by atoms with Gasteiger partial charge >= 0.3 is 5.97 Å². The van der Waals surface area contributed by atoms with Gasteiger partial charge in [0.2, 0.25) is 0 Å². The molecule has 0 aromatic heterocycles. The summed E-state index contributed by atoms with van der Waals surface area (Å²) in [5.74, 6) is 0.695. The predicted octanol–water partition coefficient (Wildman–Crippen LogP) is 2.95. The Morgan fingerprint density at radius 2 is 1.95 bits per heavy atom. The second-order valence-corrected chi connectivity index (χ2v) is 8.04. The van der Waals surface area contributed by atoms with Crippen molar-refractivity contribution in [1.82, 2.24) is 0 Å². The van der Waals surface area contributed by atoms with Crippen LogP contribution in [0.5, 0.6) is 0 Å². The van der Waals surface area contributed by atoms with Crippen molar-refractivity contribution in [1.29, 1.82) is 0 Å². The van der Waals surface area contributed by atoms with Gasteiger partial charge in [-0.25, -0.2) is 0 Å². The minimum Gasteiger partial charge on any atom is -0.461 e. The molecule has 1 aliphatic heterocycles. The normalized spacial score (nSPS) is 53.5. The number of hydrogen-bond acceptors (Lipinski definition) is 3. The molecule has 0 aromatic carbocycles. The number of ether oxygens (including phenoxy) is 1. The summed E-state index contributed by atoms with van der Waals surface area (Å²) in [5, 5.41) is 0. The van der Waals surface area contributed by atoms with E-state index in [2.05, 4.69) is 22.9 Å². The lowest BCUT2D eigenvalue weighted by Crippen LogP contribution is -2.55. The molecular formula is C15H21BrO3. The zero-order valence-corrected chi connectivity index (χ0v) is 13.3. The fourth-order valence-electron chi connectivity index (χ4n) is 4.70. The Hall–Kier alpha value is -0.380. The van der Waals surface area contributed by atoms with E-state index in [1.165, 1.54) is 0 Å². The number of carbonyl (C=O) groups is 2. The molecule has 1 saturated heterocycles. The molecular weight excluding hydrogens is 308 g/mol. The third-order valence-electron chi connectivity index (χ3n) is 5.84. The first-order valence-electron chi connectivity index (χ1n) is 7.23. The van der Waals surface area contributed by atoms with Crippen molar-refractivity contribution >= 4 is 27.7 Å². The zero-order chi connectivity index (χ0) is 13.9. The highest BCUT2D eigenvalue weighted by atomic mass is 79.9. The zero-order valence-electron chi connectivity index (χ0n) is 11.7. The number of halogens is 1. The van der Waals surface area contributed by atoms with Crippen molar-refractivity contribution in [3.63, 3.8) is 0 Å². The smallest absolute Gasteiger partial charge is 0.309 e. The van der Waals surface area contributed by atoms with E-state index in [-0.39, 0.29) is 45.9 Å². The van der Waals surface area contributed by atoms with Crippen molar-refractivity contribution in [2.24, 2.45) is 29.1 Å². The maximum absolute atomic E-state index is 12.3. The highest BCUT2D eigenvalue weighted by Crippen LogP contribution is 2.57. The number of Topliss-reactive ketones (excluding diaryl/α,β-unsaturated/α-hetero) is 1. The van der Waals surface area contributed by atoms with Gasteiger partial charge < -0.3 is 4.74 Å². The third-order valence-corrected chi connectivity index (χ3v) is 6.61. The Morgan fingerprint density at radius 3 is 2.63 bits per heavy atom. The number of esters is 1. The van der Waals surface area contributed by atoms with Crippen LogP contribution in [0, 0.1) is 29.1 Å². The summed E-state index contributed by atoms with van der Waals surface area (Å²) in [6.07, 6.45) is 2.97. The first-order chi connectivity index (χ1) is 8.85. The van der Waals surface area contributed by atoms with Gasteiger partial charge in [-0.1, -0.05) is 36.7 Å². The van der Waals surface area contributed by atoms with Crippen LogP contribution in [-0.4, -0.2) is 22.7 Å². The Morgan fingerprint density at radius 1 is 1.26 bits per heavy atom. The molecule has 0 bridgehead atoms. The number of rotatable bonds is 0. The maximum Gasteiger partial charge on any atom is 0.309 e. The highest BCUT2D eigenvalue weighted by Gasteiger charge is 2.59. The van der Waals surface area contributed by atoms with Crippen molar-refractivity contribution < 1.29 is 14.3 Å². The molecule has 3 rings (SSSR count). The fraction of sp³-hybridized carbons (Fsp3) is 0.867. The Kier molecular flexibility index (Phi) is 3.08. The van der Waals surface area contributed by atoms with Gasteiger partial charge in [0.05, 0.1) is 10.7 Å². The molecule has 2 aliphatic carbocycles. The van der Waals surface area contributed by atoms with Gasteiger partial charge in [-0.3, -0.25) is 9.59 Å². The van der Waals surface area contributed by atoms with Gasteiger partial charge in [0.25, 0.3) is 0 Å². The average molecular weight is 329 g/mol. The van der Waals surface area contributed by atoms with E-state index >= 15 is 0 Å². The van der Waals surface area contributed by atoms with Crippen molar-refractivity contribution in [2.45, 2.75) is 51.0 Å². The lowest BCUT2D eigenvalue weighted by molar-refractivity contribution is -0.157. The predicted molar refractivity (Wildman–Crippen MR) is 74.9 cm³/mol. The second-order valence-electron chi connectivity index (χ2n) is 6.94. The number of carbonyl (C=O) groups excluding carboxylic acids is 2. The highest BCUT2D eigenvalue weighted by molar-refractivity contribution is 9.10. The van der Waals surface area contributed by atoms with Crippen molar-refractivity contribution in [2.75, 3.05) is 0 Å². The van der Waals surface area contributed by atoms with E-state index in [1.807, 2.05) is 13.8 Å². The lowest BCUT2D eigenvalue weighted by Gasteiger charge is -2.52. The molecule has 0 radical (unpaired) electrons. The molecule has 3 fully saturated rings. The Labute approximate surface area is 122 Å². The molecule has 7 atom stereocenters. The van der Waals surface area contributed by atoms with E-state index in [0.717, 1.165) is 19.3 Å². The summed E-state index contributed by atoms with van der Waals surface area (Å²) in [7, 11) is 0. The Balaban J connectivity index is 1.96. The van der Waals surface area contributed by atoms with Crippen LogP contribution in [0.15, 0.2) is 0 Å². The standard InChI is InChI=1S/C15H21BrO3/c1-7-9-4-5-15(3)6-10(16)12(17)8(2)11(15)13(9)19-14(7)18/h7-11,13H,4-6H2,1-3H3/t7-,8-,9-,10+,11+,13+,15-/m0/s1. The van der Waals surface area contributed by atoms with Gasteiger partial charge in [0.15, 0.2) is 0 Å².